The standard InChI is InChI=1S/C12H8FN3O5/c1-6-4-9(7(13)5-8(6)16(19)20)21-11-10(12(17)18)14-2-3-15-11/h2-5H,1H3,(H,17,18). The number of aromatic nitrogens is 2. The van der Waals surface area contributed by atoms with Crippen LogP contribution in [0.4, 0.5) is 10.1 Å². The molecule has 0 radical (unpaired) electrons. The molecule has 2 rings (SSSR count). The molecule has 0 aliphatic carbocycles. The quantitative estimate of drug-likeness (QED) is 0.679. The van der Waals surface area contributed by atoms with Crippen molar-refractivity contribution in [1.29, 1.82) is 0 Å². The predicted molar refractivity (Wildman–Crippen MR) is 66.9 cm³/mol. The third-order valence-electron chi connectivity index (χ3n) is 2.52. The zero-order valence-electron chi connectivity index (χ0n) is 10.6. The van der Waals surface area contributed by atoms with E-state index in [1.807, 2.05) is 0 Å². The third kappa shape index (κ3) is 2.91. The van der Waals surface area contributed by atoms with E-state index in [0.29, 0.717) is 6.07 Å². The van der Waals surface area contributed by atoms with Gasteiger partial charge in [-0.2, -0.15) is 0 Å². The first-order valence-electron chi connectivity index (χ1n) is 5.57. The Morgan fingerprint density at radius 1 is 1.38 bits per heavy atom. The van der Waals surface area contributed by atoms with Gasteiger partial charge in [-0.3, -0.25) is 10.1 Å². The molecule has 0 bridgehead atoms. The molecule has 108 valence electrons. The molecule has 1 aromatic carbocycles. The van der Waals surface area contributed by atoms with Crippen molar-refractivity contribution in [2.24, 2.45) is 0 Å². The molecule has 0 aliphatic rings. The van der Waals surface area contributed by atoms with Crippen LogP contribution in [0.15, 0.2) is 24.5 Å². The van der Waals surface area contributed by atoms with Gasteiger partial charge in [0.2, 0.25) is 5.69 Å². The highest BCUT2D eigenvalue weighted by Crippen LogP contribution is 2.30. The molecule has 1 aromatic heterocycles. The van der Waals surface area contributed by atoms with E-state index in [9.17, 15) is 19.3 Å². The van der Waals surface area contributed by atoms with Crippen LogP contribution in [0, 0.1) is 22.9 Å². The van der Waals surface area contributed by atoms with E-state index in [0.717, 1.165) is 12.3 Å². The minimum Gasteiger partial charge on any atom is -0.476 e. The van der Waals surface area contributed by atoms with Crippen LogP contribution in [0.1, 0.15) is 16.1 Å². The molecular weight excluding hydrogens is 285 g/mol. The molecule has 2 aromatic rings. The van der Waals surface area contributed by atoms with E-state index < -0.39 is 34.0 Å². The van der Waals surface area contributed by atoms with Crippen LogP contribution < -0.4 is 4.74 Å². The molecular formula is C12H8FN3O5. The van der Waals surface area contributed by atoms with Crippen LogP contribution in [0.25, 0.3) is 0 Å². The molecule has 0 amide bonds. The van der Waals surface area contributed by atoms with Gasteiger partial charge in [0.25, 0.3) is 11.6 Å². The van der Waals surface area contributed by atoms with Crippen LogP contribution in [-0.4, -0.2) is 26.0 Å². The van der Waals surface area contributed by atoms with E-state index >= 15 is 0 Å². The van der Waals surface area contributed by atoms with Gasteiger partial charge in [0.15, 0.2) is 11.6 Å². The van der Waals surface area contributed by atoms with E-state index in [-0.39, 0.29) is 11.3 Å². The molecule has 9 heteroatoms. The molecule has 8 nitrogen and oxygen atoms in total. The Kier molecular flexibility index (Phi) is 3.74. The fraction of sp³-hybridized carbons (Fsp3) is 0.0833. The Hall–Kier alpha value is -3.10. The van der Waals surface area contributed by atoms with Crippen molar-refractivity contribution < 1.29 is 24.0 Å². The van der Waals surface area contributed by atoms with Crippen molar-refractivity contribution in [2.75, 3.05) is 0 Å². The van der Waals surface area contributed by atoms with Gasteiger partial charge in [-0.1, -0.05) is 0 Å². The van der Waals surface area contributed by atoms with Gasteiger partial charge in [0.05, 0.1) is 11.0 Å². The number of aromatic carboxylic acids is 1. The van der Waals surface area contributed by atoms with Gasteiger partial charge >= 0.3 is 5.97 Å². The molecule has 1 N–H and O–H groups in total. The normalized spacial score (nSPS) is 10.2. The number of benzene rings is 1. The van der Waals surface area contributed by atoms with Gasteiger partial charge < -0.3 is 9.84 Å². The summed E-state index contributed by atoms with van der Waals surface area (Å²) in [7, 11) is 0. The van der Waals surface area contributed by atoms with Crippen molar-refractivity contribution in [2.45, 2.75) is 6.92 Å². The number of carboxylic acids is 1. The number of rotatable bonds is 4. The summed E-state index contributed by atoms with van der Waals surface area (Å²) in [5.41, 5.74) is -0.734. The second kappa shape index (κ2) is 5.49. The fourth-order valence-electron chi connectivity index (χ4n) is 1.57. The number of carboxylic acid groups (broad SMARTS) is 1. The number of aryl methyl sites for hydroxylation is 1. The second-order valence-electron chi connectivity index (χ2n) is 3.94. The topological polar surface area (TPSA) is 115 Å². The van der Waals surface area contributed by atoms with Crippen molar-refractivity contribution in [3.8, 4) is 11.6 Å². The summed E-state index contributed by atoms with van der Waals surface area (Å²) in [5, 5.41) is 19.6. The first-order chi connectivity index (χ1) is 9.90. The van der Waals surface area contributed by atoms with Gasteiger partial charge in [-0.25, -0.2) is 19.2 Å². The monoisotopic (exact) mass is 293 g/mol. The van der Waals surface area contributed by atoms with Crippen LogP contribution in [0.5, 0.6) is 11.6 Å². The third-order valence-corrected chi connectivity index (χ3v) is 2.52. The van der Waals surface area contributed by atoms with Crippen LogP contribution in [0.2, 0.25) is 0 Å². The summed E-state index contributed by atoms with van der Waals surface area (Å²) >= 11 is 0. The molecule has 0 aliphatic heterocycles. The summed E-state index contributed by atoms with van der Waals surface area (Å²) in [6, 6.07) is 1.79. The lowest BCUT2D eigenvalue weighted by molar-refractivity contribution is -0.385. The van der Waals surface area contributed by atoms with Gasteiger partial charge in [0.1, 0.15) is 0 Å². The molecule has 21 heavy (non-hydrogen) atoms. The first-order valence-corrected chi connectivity index (χ1v) is 5.57. The second-order valence-corrected chi connectivity index (χ2v) is 3.94. The number of nitro benzene ring substituents is 1. The molecule has 0 saturated heterocycles. The Morgan fingerprint density at radius 2 is 2.05 bits per heavy atom. The van der Waals surface area contributed by atoms with Gasteiger partial charge in [-0.15, -0.1) is 0 Å². The van der Waals surface area contributed by atoms with Gasteiger partial charge in [-0.05, 0) is 13.0 Å². The molecule has 0 unspecified atom stereocenters. The van der Waals surface area contributed by atoms with Crippen LogP contribution in [-0.2, 0) is 0 Å². The lowest BCUT2D eigenvalue weighted by Gasteiger charge is -2.08. The Bertz CT molecular complexity index is 735. The molecule has 0 fully saturated rings. The molecule has 0 spiro atoms. The lowest BCUT2D eigenvalue weighted by Crippen LogP contribution is -2.05. The predicted octanol–water partition coefficient (Wildman–Crippen LogP) is 2.32. The maximum absolute atomic E-state index is 13.8. The molecule has 1 heterocycles. The fourth-order valence-corrected chi connectivity index (χ4v) is 1.57. The summed E-state index contributed by atoms with van der Waals surface area (Å²) in [4.78, 5) is 28.1. The average Bonchev–Trinajstić information content (AvgIpc) is 2.42. The van der Waals surface area contributed by atoms with E-state index in [4.69, 9.17) is 9.84 Å². The zero-order valence-corrected chi connectivity index (χ0v) is 10.6. The summed E-state index contributed by atoms with van der Waals surface area (Å²) in [5.74, 6) is -3.18. The number of hydrogen-bond acceptors (Lipinski definition) is 6. The van der Waals surface area contributed by atoms with Gasteiger partial charge in [0, 0.05) is 18.0 Å². The number of hydrogen-bond donors (Lipinski definition) is 1. The first kappa shape index (κ1) is 14.3. The van der Waals surface area contributed by atoms with Crippen LogP contribution in [0.3, 0.4) is 0 Å². The Balaban J connectivity index is 2.44. The SMILES string of the molecule is Cc1cc(Oc2nccnc2C(=O)O)c(F)cc1[N+](=O)[O-]. The largest absolute Gasteiger partial charge is 0.476 e. The summed E-state index contributed by atoms with van der Waals surface area (Å²) in [6.07, 6.45) is 2.33. The van der Waals surface area contributed by atoms with E-state index in [2.05, 4.69) is 9.97 Å². The van der Waals surface area contributed by atoms with Crippen molar-refractivity contribution in [3.05, 3.63) is 51.7 Å². The molecule has 0 saturated carbocycles. The number of halogens is 1. The number of carbonyl (C=O) groups is 1. The summed E-state index contributed by atoms with van der Waals surface area (Å²) in [6.45, 7) is 1.40. The lowest BCUT2D eigenvalue weighted by atomic mass is 10.2. The maximum Gasteiger partial charge on any atom is 0.360 e. The van der Waals surface area contributed by atoms with E-state index in [1.165, 1.54) is 13.1 Å². The number of nitro groups is 1. The number of nitrogens with zero attached hydrogens (tertiary/aromatic N) is 3. The van der Waals surface area contributed by atoms with E-state index in [1.54, 1.807) is 0 Å². The average molecular weight is 293 g/mol. The van der Waals surface area contributed by atoms with Crippen LogP contribution >= 0.6 is 0 Å². The minimum atomic E-state index is -1.39. The zero-order chi connectivity index (χ0) is 15.6. The highest BCUT2D eigenvalue weighted by molar-refractivity contribution is 5.87. The van der Waals surface area contributed by atoms with Crippen molar-refractivity contribution in [1.82, 2.24) is 9.97 Å². The van der Waals surface area contributed by atoms with Crippen molar-refractivity contribution in [3.63, 3.8) is 0 Å². The molecule has 0 atom stereocenters. The smallest absolute Gasteiger partial charge is 0.360 e. The van der Waals surface area contributed by atoms with Crippen molar-refractivity contribution >= 4 is 11.7 Å². The highest BCUT2D eigenvalue weighted by Gasteiger charge is 2.20. The summed E-state index contributed by atoms with van der Waals surface area (Å²) < 4.78 is 18.8. The Morgan fingerprint density at radius 3 is 2.67 bits per heavy atom. The minimum absolute atomic E-state index is 0.164. The maximum atomic E-state index is 13.8. The highest BCUT2D eigenvalue weighted by atomic mass is 19.1. The number of ether oxygens (including phenoxy) is 1. The Labute approximate surface area is 117 Å².